The van der Waals surface area contributed by atoms with Gasteiger partial charge in [0.1, 0.15) is 5.75 Å². The lowest BCUT2D eigenvalue weighted by atomic mass is 10.3. The standard InChI is InChI=1S/C12H17ClN2O3S/c1-8(2)15(3)12(16)7-19(17,18)11-6-9(14)4-5-10(11)13/h4-6,8H,7,14H2,1-3H3. The summed E-state index contributed by atoms with van der Waals surface area (Å²) in [5, 5.41) is 0.0641. The summed E-state index contributed by atoms with van der Waals surface area (Å²) in [6.07, 6.45) is 0. The van der Waals surface area contributed by atoms with Crippen molar-refractivity contribution in [1.29, 1.82) is 0 Å². The summed E-state index contributed by atoms with van der Waals surface area (Å²) in [5.41, 5.74) is 5.83. The highest BCUT2D eigenvalue weighted by atomic mass is 35.5. The average molecular weight is 305 g/mol. The van der Waals surface area contributed by atoms with Crippen LogP contribution in [0.4, 0.5) is 5.69 Å². The smallest absolute Gasteiger partial charge is 0.238 e. The lowest BCUT2D eigenvalue weighted by Crippen LogP contribution is -2.37. The monoisotopic (exact) mass is 304 g/mol. The quantitative estimate of drug-likeness (QED) is 0.856. The lowest BCUT2D eigenvalue weighted by molar-refractivity contribution is -0.128. The first kappa shape index (κ1) is 15.8. The topological polar surface area (TPSA) is 80.5 Å². The van der Waals surface area contributed by atoms with Gasteiger partial charge in [0.15, 0.2) is 9.84 Å². The SMILES string of the molecule is CC(C)N(C)C(=O)CS(=O)(=O)c1cc(N)ccc1Cl. The Kier molecular flexibility index (Phi) is 4.81. The second kappa shape index (κ2) is 5.79. The van der Waals surface area contributed by atoms with Crippen molar-refractivity contribution in [3.8, 4) is 0 Å². The first-order valence-corrected chi connectivity index (χ1v) is 7.71. The fourth-order valence-electron chi connectivity index (χ4n) is 1.39. The van der Waals surface area contributed by atoms with Crippen LogP contribution < -0.4 is 5.73 Å². The fourth-order valence-corrected chi connectivity index (χ4v) is 3.22. The van der Waals surface area contributed by atoms with Crippen molar-refractivity contribution in [2.24, 2.45) is 0 Å². The van der Waals surface area contributed by atoms with Crippen LogP contribution in [0, 0.1) is 0 Å². The number of carbonyl (C=O) groups excluding carboxylic acids is 1. The van der Waals surface area contributed by atoms with Crippen molar-refractivity contribution in [2.75, 3.05) is 18.5 Å². The zero-order valence-corrected chi connectivity index (χ0v) is 12.6. The first-order chi connectivity index (χ1) is 8.65. The Balaban J connectivity index is 3.06. The van der Waals surface area contributed by atoms with E-state index in [9.17, 15) is 13.2 Å². The molecule has 5 nitrogen and oxygen atoms in total. The predicted octanol–water partition coefficient (Wildman–Crippen LogP) is 1.56. The molecular weight excluding hydrogens is 288 g/mol. The Hall–Kier alpha value is -1.27. The first-order valence-electron chi connectivity index (χ1n) is 5.68. The highest BCUT2D eigenvalue weighted by molar-refractivity contribution is 7.92. The van der Waals surface area contributed by atoms with Gasteiger partial charge in [0, 0.05) is 18.8 Å². The summed E-state index contributed by atoms with van der Waals surface area (Å²) in [4.78, 5) is 13.1. The molecule has 1 aromatic rings. The van der Waals surface area contributed by atoms with Crippen molar-refractivity contribution in [3.63, 3.8) is 0 Å². The molecule has 0 saturated heterocycles. The predicted molar refractivity (Wildman–Crippen MR) is 75.8 cm³/mol. The third-order valence-corrected chi connectivity index (χ3v) is 4.85. The Labute approximate surface area is 118 Å². The highest BCUT2D eigenvalue weighted by Crippen LogP contribution is 2.25. The van der Waals surface area contributed by atoms with Gasteiger partial charge in [-0.2, -0.15) is 0 Å². The van der Waals surface area contributed by atoms with Crippen LogP contribution in [-0.4, -0.2) is 38.1 Å². The summed E-state index contributed by atoms with van der Waals surface area (Å²) in [6.45, 7) is 3.61. The van der Waals surface area contributed by atoms with E-state index in [0.29, 0.717) is 0 Å². The van der Waals surface area contributed by atoms with Crippen LogP contribution >= 0.6 is 11.6 Å². The summed E-state index contributed by atoms with van der Waals surface area (Å²) < 4.78 is 24.3. The zero-order valence-electron chi connectivity index (χ0n) is 11.1. The van der Waals surface area contributed by atoms with E-state index in [0.717, 1.165) is 0 Å². The van der Waals surface area contributed by atoms with Gasteiger partial charge in [0.25, 0.3) is 0 Å². The normalized spacial score (nSPS) is 11.6. The Morgan fingerprint density at radius 3 is 2.53 bits per heavy atom. The number of rotatable bonds is 4. The molecule has 0 spiro atoms. The van der Waals surface area contributed by atoms with Gasteiger partial charge in [-0.05, 0) is 32.0 Å². The number of benzene rings is 1. The largest absolute Gasteiger partial charge is 0.399 e. The highest BCUT2D eigenvalue weighted by Gasteiger charge is 2.25. The van der Waals surface area contributed by atoms with Gasteiger partial charge < -0.3 is 10.6 Å². The van der Waals surface area contributed by atoms with Gasteiger partial charge in [-0.15, -0.1) is 0 Å². The third-order valence-electron chi connectivity index (χ3n) is 2.77. The molecule has 2 N–H and O–H groups in total. The number of hydrogen-bond donors (Lipinski definition) is 1. The van der Waals surface area contributed by atoms with Crippen molar-refractivity contribution in [2.45, 2.75) is 24.8 Å². The maximum Gasteiger partial charge on any atom is 0.238 e. The van der Waals surface area contributed by atoms with E-state index < -0.39 is 21.5 Å². The molecule has 0 fully saturated rings. The minimum atomic E-state index is -3.79. The Morgan fingerprint density at radius 1 is 1.42 bits per heavy atom. The number of hydrogen-bond acceptors (Lipinski definition) is 4. The van der Waals surface area contributed by atoms with Crippen LogP contribution in [0.2, 0.25) is 5.02 Å². The van der Waals surface area contributed by atoms with Crippen LogP contribution in [0.5, 0.6) is 0 Å². The molecule has 7 heteroatoms. The number of carbonyl (C=O) groups is 1. The van der Waals surface area contributed by atoms with Crippen LogP contribution in [-0.2, 0) is 14.6 Å². The van der Waals surface area contributed by atoms with Crippen molar-refractivity contribution < 1.29 is 13.2 Å². The lowest BCUT2D eigenvalue weighted by Gasteiger charge is -2.21. The number of nitrogen functional groups attached to an aromatic ring is 1. The van der Waals surface area contributed by atoms with Crippen molar-refractivity contribution in [1.82, 2.24) is 4.90 Å². The minimum Gasteiger partial charge on any atom is -0.399 e. The Bertz CT molecular complexity index is 585. The van der Waals surface area contributed by atoms with E-state index in [-0.39, 0.29) is 21.6 Å². The molecule has 0 aromatic heterocycles. The van der Waals surface area contributed by atoms with Crippen LogP contribution in [0.15, 0.2) is 23.1 Å². The molecule has 0 saturated carbocycles. The van der Waals surface area contributed by atoms with E-state index in [2.05, 4.69) is 0 Å². The molecule has 0 heterocycles. The van der Waals surface area contributed by atoms with Crippen LogP contribution in [0.1, 0.15) is 13.8 Å². The molecule has 106 valence electrons. The molecular formula is C12H17ClN2O3S. The molecule has 0 unspecified atom stereocenters. The second-order valence-corrected chi connectivity index (χ2v) is 6.91. The molecule has 0 aliphatic carbocycles. The van der Waals surface area contributed by atoms with Gasteiger partial charge in [0.2, 0.25) is 5.91 Å². The number of nitrogens with two attached hydrogens (primary N) is 1. The van der Waals surface area contributed by atoms with Gasteiger partial charge >= 0.3 is 0 Å². The van der Waals surface area contributed by atoms with Gasteiger partial charge in [0.05, 0.1) is 9.92 Å². The molecule has 19 heavy (non-hydrogen) atoms. The van der Waals surface area contributed by atoms with Gasteiger partial charge in [-0.25, -0.2) is 8.42 Å². The molecule has 0 bridgehead atoms. The van der Waals surface area contributed by atoms with Crippen molar-refractivity contribution >= 4 is 33.0 Å². The molecule has 1 amide bonds. The average Bonchev–Trinajstić information content (AvgIpc) is 2.30. The van der Waals surface area contributed by atoms with E-state index >= 15 is 0 Å². The number of amides is 1. The number of sulfone groups is 1. The summed E-state index contributed by atoms with van der Waals surface area (Å²) >= 11 is 5.85. The van der Waals surface area contributed by atoms with E-state index in [1.54, 1.807) is 20.9 Å². The molecule has 1 aromatic carbocycles. The summed E-state index contributed by atoms with van der Waals surface area (Å²) in [6, 6.07) is 4.10. The molecule has 0 radical (unpaired) electrons. The molecule has 0 atom stereocenters. The number of nitrogens with zero attached hydrogens (tertiary/aromatic N) is 1. The van der Waals surface area contributed by atoms with E-state index in [4.69, 9.17) is 17.3 Å². The van der Waals surface area contributed by atoms with Crippen LogP contribution in [0.3, 0.4) is 0 Å². The summed E-state index contributed by atoms with van der Waals surface area (Å²) in [5.74, 6) is -1.10. The minimum absolute atomic E-state index is 0.0641. The number of halogens is 1. The Morgan fingerprint density at radius 2 is 2.00 bits per heavy atom. The maximum absolute atomic E-state index is 12.2. The second-order valence-electron chi connectivity index (χ2n) is 4.55. The molecule has 0 aliphatic heterocycles. The third kappa shape index (κ3) is 3.84. The van der Waals surface area contributed by atoms with Crippen LogP contribution in [0.25, 0.3) is 0 Å². The van der Waals surface area contributed by atoms with Gasteiger partial charge in [-0.1, -0.05) is 11.6 Å². The molecule has 0 aliphatic rings. The fraction of sp³-hybridized carbons (Fsp3) is 0.417. The van der Waals surface area contributed by atoms with E-state index in [1.807, 2.05) is 0 Å². The summed E-state index contributed by atoms with van der Waals surface area (Å²) in [7, 11) is -2.24. The molecule has 1 rings (SSSR count). The van der Waals surface area contributed by atoms with Crippen molar-refractivity contribution in [3.05, 3.63) is 23.2 Å². The zero-order chi connectivity index (χ0) is 14.8. The van der Waals surface area contributed by atoms with E-state index in [1.165, 1.54) is 23.1 Å². The van der Waals surface area contributed by atoms with Gasteiger partial charge in [-0.3, -0.25) is 4.79 Å². The maximum atomic E-state index is 12.2. The number of anilines is 1.